The highest BCUT2D eigenvalue weighted by molar-refractivity contribution is 5.98. The normalized spacial score (nSPS) is 22.9. The topological polar surface area (TPSA) is 156 Å². The number of nitrogens with one attached hydrogen (secondary N) is 3. The Morgan fingerprint density at radius 3 is 2.40 bits per heavy atom. The number of hydrogen-bond acceptors (Lipinski definition) is 7. The van der Waals surface area contributed by atoms with E-state index in [0.717, 1.165) is 29.3 Å². The maximum Gasteiger partial charge on any atom is 0.325 e. The molecule has 12 heteroatoms. The lowest BCUT2D eigenvalue weighted by molar-refractivity contribution is -0.147. The molecule has 3 heterocycles. The molecule has 0 bridgehead atoms. The summed E-state index contributed by atoms with van der Waals surface area (Å²) in [6.07, 6.45) is 7.75. The number of hydrogen-bond donors (Lipinski definition) is 3. The van der Waals surface area contributed by atoms with E-state index in [0.29, 0.717) is 57.9 Å². The molecule has 0 radical (unpaired) electrons. The van der Waals surface area contributed by atoms with Crippen molar-refractivity contribution < 1.29 is 33.5 Å². The van der Waals surface area contributed by atoms with Gasteiger partial charge in [-0.25, -0.2) is 0 Å². The van der Waals surface area contributed by atoms with Crippen molar-refractivity contribution in [2.75, 3.05) is 13.7 Å². The van der Waals surface area contributed by atoms with Crippen LogP contribution in [0.4, 0.5) is 0 Å². The number of carbonyl (C=O) groups excluding carboxylic acids is 6. The molecule has 2 aliphatic heterocycles. The first kappa shape index (κ1) is 36.6. The van der Waals surface area contributed by atoms with Crippen molar-refractivity contribution in [1.82, 2.24) is 25.4 Å². The molecule has 4 amide bonds. The highest BCUT2D eigenvalue weighted by atomic mass is 16.5. The number of piperidine rings is 1. The van der Waals surface area contributed by atoms with Gasteiger partial charge in [-0.05, 0) is 49.7 Å². The average Bonchev–Trinajstić information content (AvgIpc) is 3.44. The predicted molar refractivity (Wildman–Crippen MR) is 181 cm³/mol. The van der Waals surface area contributed by atoms with Gasteiger partial charge >= 0.3 is 5.97 Å². The fourth-order valence-electron chi connectivity index (χ4n) is 6.67. The van der Waals surface area contributed by atoms with Gasteiger partial charge in [0.25, 0.3) is 0 Å². The third-order valence-electron chi connectivity index (χ3n) is 9.80. The molecule has 4 rings (SSSR count). The molecule has 12 nitrogen and oxygen atoms in total. The molecule has 0 spiro atoms. The molecule has 3 N–H and O–H groups in total. The van der Waals surface area contributed by atoms with Crippen LogP contribution in [0.25, 0.3) is 10.9 Å². The van der Waals surface area contributed by atoms with Crippen molar-refractivity contribution in [3.05, 3.63) is 36.0 Å². The van der Waals surface area contributed by atoms with Gasteiger partial charge in [-0.15, -0.1) is 0 Å². The Bertz CT molecular complexity index is 1490. The third kappa shape index (κ3) is 9.02. The lowest BCUT2D eigenvalue weighted by Gasteiger charge is -2.39. The van der Waals surface area contributed by atoms with Gasteiger partial charge in [-0.1, -0.05) is 58.2 Å². The Kier molecular flexibility index (Phi) is 13.2. The Morgan fingerprint density at radius 2 is 1.67 bits per heavy atom. The molecule has 1 aromatic carbocycles. The number of para-hydroxylation sites is 1. The Balaban J connectivity index is 1.68. The molecule has 2 aliphatic rings. The number of esters is 1. The Labute approximate surface area is 282 Å². The van der Waals surface area contributed by atoms with Gasteiger partial charge in [-0.3, -0.25) is 28.8 Å². The molecule has 5 atom stereocenters. The van der Waals surface area contributed by atoms with Crippen LogP contribution in [0.15, 0.2) is 30.5 Å². The van der Waals surface area contributed by atoms with Gasteiger partial charge in [0.2, 0.25) is 23.6 Å². The zero-order valence-electron chi connectivity index (χ0n) is 28.7. The first-order valence-electron chi connectivity index (χ1n) is 17.4. The van der Waals surface area contributed by atoms with E-state index in [2.05, 4.69) is 16.0 Å². The van der Waals surface area contributed by atoms with Crippen molar-refractivity contribution in [2.24, 2.45) is 5.92 Å². The summed E-state index contributed by atoms with van der Waals surface area (Å²) in [5, 5.41) is 9.64. The van der Waals surface area contributed by atoms with Crippen LogP contribution in [0.5, 0.6) is 0 Å². The molecule has 0 saturated carbocycles. The van der Waals surface area contributed by atoms with E-state index in [1.807, 2.05) is 45.0 Å². The number of Topliss-reactive ketones (excluding diaryl/α,β-unsaturated/α-hetero) is 1. The lowest BCUT2D eigenvalue weighted by atomic mass is 9.93. The van der Waals surface area contributed by atoms with Crippen molar-refractivity contribution >= 4 is 46.3 Å². The highest BCUT2D eigenvalue weighted by Gasteiger charge is 2.41. The number of ether oxygens (including phenoxy) is 1. The summed E-state index contributed by atoms with van der Waals surface area (Å²) < 4.78 is 6.63. The Morgan fingerprint density at radius 1 is 0.938 bits per heavy atom. The second kappa shape index (κ2) is 17.3. The number of methoxy groups -OCH3 is 1. The highest BCUT2D eigenvalue weighted by Crippen LogP contribution is 2.25. The lowest BCUT2D eigenvalue weighted by Crippen LogP contribution is -2.64. The number of unbranched alkanes of at least 4 members (excludes halogenated alkanes) is 2. The molecular weight excluding hydrogens is 614 g/mol. The SMILES string of the molecule is CCC(=O)CCCCC[C@@H]1NC(=O)[C@H]2CCCCN2C(=O)[C@H]([C@H](C)CC)NC(=O)[C@H](Cc2cn(CC(=O)OC)c3ccccc23)NC1=O. The van der Waals surface area contributed by atoms with Crippen LogP contribution in [-0.2, 0) is 46.5 Å². The minimum Gasteiger partial charge on any atom is -0.468 e. The van der Waals surface area contributed by atoms with Crippen LogP contribution in [0.2, 0.25) is 0 Å². The second-order valence-corrected chi connectivity index (χ2v) is 13.1. The molecule has 0 unspecified atom stereocenters. The van der Waals surface area contributed by atoms with Crippen LogP contribution < -0.4 is 16.0 Å². The number of aromatic nitrogens is 1. The van der Waals surface area contributed by atoms with Gasteiger partial charge < -0.3 is 30.2 Å². The van der Waals surface area contributed by atoms with Crippen molar-refractivity contribution in [3.63, 3.8) is 0 Å². The van der Waals surface area contributed by atoms with E-state index in [-0.39, 0.29) is 36.5 Å². The average molecular weight is 666 g/mol. The van der Waals surface area contributed by atoms with Gasteiger partial charge in [0.05, 0.1) is 7.11 Å². The van der Waals surface area contributed by atoms with Crippen LogP contribution in [0.3, 0.4) is 0 Å². The minimum absolute atomic E-state index is 0.0280. The van der Waals surface area contributed by atoms with E-state index >= 15 is 0 Å². The smallest absolute Gasteiger partial charge is 0.325 e. The molecule has 262 valence electrons. The number of carbonyl (C=O) groups is 6. The van der Waals surface area contributed by atoms with Gasteiger partial charge in [-0.2, -0.15) is 0 Å². The van der Waals surface area contributed by atoms with Crippen molar-refractivity contribution in [3.8, 4) is 0 Å². The summed E-state index contributed by atoms with van der Waals surface area (Å²) >= 11 is 0. The summed E-state index contributed by atoms with van der Waals surface area (Å²) in [5.41, 5.74) is 1.50. The number of fused-ring (bicyclic) bond motifs is 2. The standard InChI is InChI=1S/C36H51N5O7/c1-5-23(3)32-36(47)41-19-13-12-18-30(41)35(46)37-27(16-9-7-8-14-25(42)6-2)33(44)38-28(34(45)39-32)20-24-21-40(22-31(43)48-4)29-17-11-10-15-26(24)29/h10-11,15,17,21,23,27-28,30,32H,5-9,12-14,16,18-20,22H2,1-4H3,(H,37,46)(H,38,44)(H,39,45)/t23-,27+,28+,30-,32+/m1/s1. The van der Waals surface area contributed by atoms with E-state index in [4.69, 9.17) is 4.74 Å². The van der Waals surface area contributed by atoms with Crippen LogP contribution in [0.1, 0.15) is 90.5 Å². The first-order chi connectivity index (χ1) is 23.1. The summed E-state index contributed by atoms with van der Waals surface area (Å²) in [6, 6.07) is 3.86. The molecule has 48 heavy (non-hydrogen) atoms. The maximum atomic E-state index is 14.1. The largest absolute Gasteiger partial charge is 0.468 e. The molecule has 2 aromatic rings. The molecule has 0 aliphatic carbocycles. The molecule has 2 saturated heterocycles. The summed E-state index contributed by atoms with van der Waals surface area (Å²) in [5.74, 6) is -2.11. The van der Waals surface area contributed by atoms with Gasteiger partial charge in [0, 0.05) is 42.9 Å². The maximum absolute atomic E-state index is 14.1. The number of benzene rings is 1. The number of nitrogens with zero attached hydrogens (tertiary/aromatic N) is 2. The zero-order chi connectivity index (χ0) is 34.8. The van der Waals surface area contributed by atoms with E-state index in [1.165, 1.54) is 7.11 Å². The molecule has 2 fully saturated rings. The van der Waals surface area contributed by atoms with Gasteiger partial charge in [0.1, 0.15) is 36.5 Å². The fourth-order valence-corrected chi connectivity index (χ4v) is 6.67. The summed E-state index contributed by atoms with van der Waals surface area (Å²) in [6.45, 7) is 6.04. The quantitative estimate of drug-likeness (QED) is 0.219. The number of rotatable bonds is 13. The summed E-state index contributed by atoms with van der Waals surface area (Å²) in [4.78, 5) is 81.5. The van der Waals surface area contributed by atoms with E-state index in [1.54, 1.807) is 15.7 Å². The predicted octanol–water partition coefficient (Wildman–Crippen LogP) is 3.18. The van der Waals surface area contributed by atoms with Gasteiger partial charge in [0.15, 0.2) is 0 Å². The number of amides is 4. The second-order valence-electron chi connectivity index (χ2n) is 13.1. The zero-order valence-corrected chi connectivity index (χ0v) is 28.7. The Hall–Kier alpha value is -4.22. The van der Waals surface area contributed by atoms with Crippen LogP contribution in [-0.4, -0.2) is 82.7 Å². The molecular formula is C36H51N5O7. The first-order valence-corrected chi connectivity index (χ1v) is 17.4. The molecule has 1 aromatic heterocycles. The minimum atomic E-state index is -1.08. The van der Waals surface area contributed by atoms with E-state index < -0.39 is 42.0 Å². The monoisotopic (exact) mass is 665 g/mol. The van der Waals surface area contributed by atoms with Crippen molar-refractivity contribution in [2.45, 2.75) is 122 Å². The van der Waals surface area contributed by atoms with E-state index in [9.17, 15) is 28.8 Å². The summed E-state index contributed by atoms with van der Waals surface area (Å²) in [7, 11) is 1.32. The fraction of sp³-hybridized carbons (Fsp3) is 0.611. The van der Waals surface area contributed by atoms with Crippen LogP contribution in [0, 0.1) is 5.92 Å². The third-order valence-corrected chi connectivity index (χ3v) is 9.80. The van der Waals surface area contributed by atoms with Crippen molar-refractivity contribution in [1.29, 1.82) is 0 Å². The van der Waals surface area contributed by atoms with Crippen LogP contribution >= 0.6 is 0 Å². The number of ketones is 1.